The lowest BCUT2D eigenvalue weighted by Gasteiger charge is -2.13. The Bertz CT molecular complexity index is 263. The first-order valence-electron chi connectivity index (χ1n) is 3.43. The SMILES string of the molecule is C1#CC2=C(C=NNC2)CC1. The highest BCUT2D eigenvalue weighted by Crippen LogP contribution is 2.13. The van der Waals surface area contributed by atoms with Gasteiger partial charge in [0.1, 0.15) is 0 Å². The summed E-state index contributed by atoms with van der Waals surface area (Å²) in [6.07, 6.45) is 3.95. The fraction of sp³-hybridized carbons (Fsp3) is 0.375. The Morgan fingerprint density at radius 3 is 3.50 bits per heavy atom. The zero-order valence-electron chi connectivity index (χ0n) is 5.65. The quantitative estimate of drug-likeness (QED) is 0.481. The average Bonchev–Trinajstić information content (AvgIpc) is 2.05. The van der Waals surface area contributed by atoms with Gasteiger partial charge < -0.3 is 5.43 Å². The lowest BCUT2D eigenvalue weighted by atomic mass is 10.00. The highest BCUT2D eigenvalue weighted by Gasteiger charge is 2.08. The fourth-order valence-corrected chi connectivity index (χ4v) is 1.15. The predicted molar refractivity (Wildman–Crippen MR) is 40.5 cm³/mol. The van der Waals surface area contributed by atoms with Crippen molar-refractivity contribution in [2.75, 3.05) is 6.54 Å². The summed E-state index contributed by atoms with van der Waals surface area (Å²) in [5.41, 5.74) is 5.43. The van der Waals surface area contributed by atoms with E-state index in [0.717, 1.165) is 19.4 Å². The Morgan fingerprint density at radius 2 is 2.60 bits per heavy atom. The van der Waals surface area contributed by atoms with Crippen molar-refractivity contribution in [3.05, 3.63) is 11.1 Å². The number of nitrogens with zero attached hydrogens (tertiary/aromatic N) is 1. The molecule has 0 saturated heterocycles. The van der Waals surface area contributed by atoms with E-state index in [9.17, 15) is 0 Å². The number of nitrogens with one attached hydrogen (secondary N) is 1. The van der Waals surface area contributed by atoms with Crippen molar-refractivity contribution in [2.24, 2.45) is 5.10 Å². The van der Waals surface area contributed by atoms with Gasteiger partial charge in [-0.3, -0.25) is 0 Å². The molecule has 0 spiro atoms. The van der Waals surface area contributed by atoms with Crippen LogP contribution in [0.2, 0.25) is 0 Å². The second kappa shape index (κ2) is 2.18. The molecule has 1 heterocycles. The second-order valence-corrected chi connectivity index (χ2v) is 2.40. The second-order valence-electron chi connectivity index (χ2n) is 2.40. The molecule has 0 aromatic carbocycles. The fourth-order valence-electron chi connectivity index (χ4n) is 1.15. The third-order valence-electron chi connectivity index (χ3n) is 1.71. The summed E-state index contributed by atoms with van der Waals surface area (Å²) >= 11 is 0. The van der Waals surface area contributed by atoms with Crippen LogP contribution in [0, 0.1) is 11.8 Å². The van der Waals surface area contributed by atoms with Gasteiger partial charge in [0, 0.05) is 12.0 Å². The van der Waals surface area contributed by atoms with E-state index in [0.29, 0.717) is 0 Å². The molecule has 0 fully saturated rings. The van der Waals surface area contributed by atoms with E-state index in [1.165, 1.54) is 11.1 Å². The molecule has 1 N–H and O–H groups in total. The van der Waals surface area contributed by atoms with Gasteiger partial charge in [0.25, 0.3) is 0 Å². The number of allylic oxidation sites excluding steroid dienone is 1. The summed E-state index contributed by atoms with van der Waals surface area (Å²) in [5.74, 6) is 6.17. The molecule has 2 rings (SSSR count). The van der Waals surface area contributed by atoms with Crippen molar-refractivity contribution in [1.29, 1.82) is 0 Å². The molecule has 0 saturated carbocycles. The van der Waals surface area contributed by atoms with Crippen LogP contribution < -0.4 is 5.43 Å². The standard InChI is InChI=1S/C8H8N2/c1-2-4-8-6-10-9-5-7(8)3-1/h5,10H,1,3,6H2. The van der Waals surface area contributed by atoms with E-state index in [1.54, 1.807) is 0 Å². The summed E-state index contributed by atoms with van der Waals surface area (Å²) in [7, 11) is 0. The summed E-state index contributed by atoms with van der Waals surface area (Å²) in [5, 5.41) is 3.96. The first kappa shape index (κ1) is 5.55. The van der Waals surface area contributed by atoms with Gasteiger partial charge in [0.15, 0.2) is 0 Å². The van der Waals surface area contributed by atoms with Crippen LogP contribution in [0.1, 0.15) is 12.8 Å². The van der Waals surface area contributed by atoms with Gasteiger partial charge in [-0.2, -0.15) is 5.10 Å². The zero-order valence-corrected chi connectivity index (χ0v) is 5.65. The van der Waals surface area contributed by atoms with Gasteiger partial charge in [0.05, 0.1) is 12.8 Å². The molecule has 0 unspecified atom stereocenters. The minimum Gasteiger partial charge on any atom is -0.305 e. The molecule has 0 aromatic heterocycles. The van der Waals surface area contributed by atoms with E-state index < -0.39 is 0 Å². The number of hydrogen-bond donors (Lipinski definition) is 1. The summed E-state index contributed by atoms with van der Waals surface area (Å²) in [6, 6.07) is 0. The lowest BCUT2D eigenvalue weighted by Crippen LogP contribution is -2.18. The highest BCUT2D eigenvalue weighted by atomic mass is 15.3. The van der Waals surface area contributed by atoms with Crippen molar-refractivity contribution >= 4 is 6.21 Å². The summed E-state index contributed by atoms with van der Waals surface area (Å²) < 4.78 is 0. The van der Waals surface area contributed by atoms with Gasteiger partial charge in [-0.15, -0.1) is 0 Å². The maximum absolute atomic E-state index is 3.96. The minimum atomic E-state index is 0.818. The third-order valence-corrected chi connectivity index (χ3v) is 1.71. The molecule has 0 atom stereocenters. The Kier molecular flexibility index (Phi) is 1.21. The molecule has 10 heavy (non-hydrogen) atoms. The maximum atomic E-state index is 3.96. The average molecular weight is 132 g/mol. The van der Waals surface area contributed by atoms with E-state index in [-0.39, 0.29) is 0 Å². The van der Waals surface area contributed by atoms with Gasteiger partial charge in [-0.25, -0.2) is 0 Å². The van der Waals surface area contributed by atoms with Crippen molar-refractivity contribution in [3.63, 3.8) is 0 Å². The summed E-state index contributed by atoms with van der Waals surface area (Å²) in [6.45, 7) is 0.818. The monoisotopic (exact) mass is 132 g/mol. The Balaban J connectivity index is 2.37. The normalized spacial score (nSPS) is 20.8. The molecule has 0 bridgehead atoms. The predicted octanol–water partition coefficient (Wildman–Crippen LogP) is 0.669. The largest absolute Gasteiger partial charge is 0.305 e. The van der Waals surface area contributed by atoms with Gasteiger partial charge in [-0.1, -0.05) is 11.8 Å². The molecular formula is C8H8N2. The van der Waals surface area contributed by atoms with Crippen LogP contribution in [0.15, 0.2) is 16.2 Å². The molecule has 50 valence electrons. The van der Waals surface area contributed by atoms with Crippen LogP contribution in [0.25, 0.3) is 0 Å². The molecule has 1 aliphatic heterocycles. The highest BCUT2D eigenvalue weighted by molar-refractivity contribution is 5.82. The van der Waals surface area contributed by atoms with Gasteiger partial charge in [0.2, 0.25) is 0 Å². The van der Waals surface area contributed by atoms with E-state index in [1.807, 2.05) is 6.21 Å². The molecular weight excluding hydrogens is 124 g/mol. The number of hydrogen-bond acceptors (Lipinski definition) is 2. The first-order valence-corrected chi connectivity index (χ1v) is 3.43. The lowest BCUT2D eigenvalue weighted by molar-refractivity contribution is 0.787. The molecule has 1 aliphatic carbocycles. The van der Waals surface area contributed by atoms with Crippen molar-refractivity contribution < 1.29 is 0 Å². The van der Waals surface area contributed by atoms with Crippen LogP contribution in [0.5, 0.6) is 0 Å². The van der Waals surface area contributed by atoms with E-state index in [4.69, 9.17) is 0 Å². The molecule has 2 nitrogen and oxygen atoms in total. The summed E-state index contributed by atoms with van der Waals surface area (Å²) in [4.78, 5) is 0. The van der Waals surface area contributed by atoms with Crippen molar-refractivity contribution in [1.82, 2.24) is 5.43 Å². The Morgan fingerprint density at radius 1 is 1.60 bits per heavy atom. The Labute approximate surface area is 60.0 Å². The smallest absolute Gasteiger partial charge is 0.0662 e. The third kappa shape index (κ3) is 0.801. The van der Waals surface area contributed by atoms with Crippen LogP contribution in [0.4, 0.5) is 0 Å². The topological polar surface area (TPSA) is 24.4 Å². The molecule has 2 aliphatic rings. The molecule has 0 radical (unpaired) electrons. The minimum absolute atomic E-state index is 0.818. The van der Waals surface area contributed by atoms with Gasteiger partial charge >= 0.3 is 0 Å². The Hall–Kier alpha value is -1.23. The zero-order chi connectivity index (χ0) is 6.81. The van der Waals surface area contributed by atoms with E-state index in [2.05, 4.69) is 22.4 Å². The number of rotatable bonds is 0. The van der Waals surface area contributed by atoms with Gasteiger partial charge in [-0.05, 0) is 12.0 Å². The number of hydrazone groups is 1. The molecule has 2 heteroatoms. The van der Waals surface area contributed by atoms with E-state index >= 15 is 0 Å². The first-order chi connectivity index (χ1) is 4.97. The van der Waals surface area contributed by atoms with Crippen LogP contribution >= 0.6 is 0 Å². The maximum Gasteiger partial charge on any atom is 0.0662 e. The van der Waals surface area contributed by atoms with Crippen LogP contribution in [-0.2, 0) is 0 Å². The van der Waals surface area contributed by atoms with Crippen LogP contribution in [0.3, 0.4) is 0 Å². The molecule has 0 amide bonds. The molecule has 0 aromatic rings. The van der Waals surface area contributed by atoms with Crippen molar-refractivity contribution in [3.8, 4) is 11.8 Å². The van der Waals surface area contributed by atoms with Crippen LogP contribution in [-0.4, -0.2) is 12.8 Å². The van der Waals surface area contributed by atoms with Crippen molar-refractivity contribution in [2.45, 2.75) is 12.8 Å².